The number of fused-ring (bicyclic) bond motifs is 1. The lowest BCUT2D eigenvalue weighted by Crippen LogP contribution is -2.37. The van der Waals surface area contributed by atoms with Crippen molar-refractivity contribution in [3.05, 3.63) is 50.9 Å². The van der Waals surface area contributed by atoms with Crippen LogP contribution in [0.25, 0.3) is 11.2 Å². The topological polar surface area (TPSA) is 80.3 Å². The molecule has 0 radical (unpaired) electrons. The highest BCUT2D eigenvalue weighted by molar-refractivity contribution is 5.71. The molecule has 132 valence electrons. The SMILES string of the molecule is Cn1c(=O)c2c(nc(OCCOc3ccc(F)cc3)n2C)n(C)c1=O. The standard InChI is InChI=1S/C16H17FN4O4/c1-19-12-13(20(2)16(23)21(3)14(12)22)18-15(19)25-9-8-24-11-6-4-10(17)5-7-11/h4-7H,8-9H2,1-3H3. The number of ether oxygens (including phenoxy) is 2. The van der Waals surface area contributed by atoms with E-state index in [9.17, 15) is 14.0 Å². The van der Waals surface area contributed by atoms with Gasteiger partial charge in [0.25, 0.3) is 11.6 Å². The molecule has 0 unspecified atom stereocenters. The molecule has 3 aromatic rings. The maximum atomic E-state index is 12.8. The molecule has 0 saturated carbocycles. The number of benzene rings is 1. The Balaban J connectivity index is 1.76. The van der Waals surface area contributed by atoms with Crippen LogP contribution in [-0.2, 0) is 21.1 Å². The van der Waals surface area contributed by atoms with Gasteiger partial charge in [-0.05, 0) is 24.3 Å². The van der Waals surface area contributed by atoms with Gasteiger partial charge in [-0.1, -0.05) is 0 Å². The lowest BCUT2D eigenvalue weighted by atomic mass is 10.3. The third-order valence-electron chi connectivity index (χ3n) is 3.83. The third kappa shape index (κ3) is 3.00. The van der Waals surface area contributed by atoms with Gasteiger partial charge in [0, 0.05) is 21.1 Å². The molecule has 0 bridgehead atoms. The minimum atomic E-state index is -0.457. The minimum absolute atomic E-state index is 0.169. The Morgan fingerprint density at radius 1 is 0.960 bits per heavy atom. The van der Waals surface area contributed by atoms with Crippen LogP contribution in [0.2, 0.25) is 0 Å². The molecule has 0 spiro atoms. The summed E-state index contributed by atoms with van der Waals surface area (Å²) in [4.78, 5) is 28.4. The first-order valence-corrected chi connectivity index (χ1v) is 7.53. The van der Waals surface area contributed by atoms with E-state index in [-0.39, 0.29) is 36.2 Å². The van der Waals surface area contributed by atoms with E-state index in [2.05, 4.69) is 4.98 Å². The first-order valence-electron chi connectivity index (χ1n) is 7.53. The van der Waals surface area contributed by atoms with Crippen molar-refractivity contribution in [1.82, 2.24) is 18.7 Å². The predicted molar refractivity (Wildman–Crippen MR) is 88.6 cm³/mol. The average molecular weight is 348 g/mol. The van der Waals surface area contributed by atoms with Gasteiger partial charge in [0.1, 0.15) is 24.8 Å². The second-order valence-electron chi connectivity index (χ2n) is 5.48. The number of rotatable bonds is 5. The minimum Gasteiger partial charge on any atom is -0.490 e. The van der Waals surface area contributed by atoms with Gasteiger partial charge >= 0.3 is 5.69 Å². The summed E-state index contributed by atoms with van der Waals surface area (Å²) in [5.74, 6) is 0.182. The number of hydrogen-bond acceptors (Lipinski definition) is 5. The molecule has 0 N–H and O–H groups in total. The zero-order valence-corrected chi connectivity index (χ0v) is 14.0. The fourth-order valence-corrected chi connectivity index (χ4v) is 2.45. The first kappa shape index (κ1) is 16.7. The van der Waals surface area contributed by atoms with Gasteiger partial charge in [0.15, 0.2) is 11.2 Å². The maximum Gasteiger partial charge on any atom is 0.332 e. The van der Waals surface area contributed by atoms with E-state index in [0.29, 0.717) is 5.75 Å². The molecule has 0 atom stereocenters. The molecule has 2 heterocycles. The molecule has 0 aliphatic heterocycles. The highest BCUT2D eigenvalue weighted by Crippen LogP contribution is 2.15. The number of nitrogens with zero attached hydrogens (tertiary/aromatic N) is 4. The van der Waals surface area contributed by atoms with Gasteiger partial charge in [0.2, 0.25) is 0 Å². The Morgan fingerprint density at radius 3 is 2.28 bits per heavy atom. The van der Waals surface area contributed by atoms with Crippen LogP contribution in [-0.4, -0.2) is 31.9 Å². The molecule has 8 nitrogen and oxygen atoms in total. The van der Waals surface area contributed by atoms with E-state index in [1.165, 1.54) is 40.4 Å². The van der Waals surface area contributed by atoms with E-state index < -0.39 is 11.2 Å². The summed E-state index contributed by atoms with van der Waals surface area (Å²) in [6, 6.07) is 5.85. The molecule has 1 aromatic carbocycles. The van der Waals surface area contributed by atoms with Gasteiger partial charge in [-0.3, -0.25) is 18.5 Å². The summed E-state index contributed by atoms with van der Waals surface area (Å²) >= 11 is 0. The Kier molecular flexibility index (Phi) is 4.30. The first-order chi connectivity index (χ1) is 11.9. The van der Waals surface area contributed by atoms with Crippen LogP contribution in [0.4, 0.5) is 4.39 Å². The monoisotopic (exact) mass is 348 g/mol. The number of imidazole rings is 1. The Morgan fingerprint density at radius 2 is 1.60 bits per heavy atom. The summed E-state index contributed by atoms with van der Waals surface area (Å²) in [5.41, 5.74) is -0.364. The number of halogens is 1. The molecule has 3 rings (SSSR count). The van der Waals surface area contributed by atoms with Crippen molar-refractivity contribution in [2.24, 2.45) is 21.1 Å². The average Bonchev–Trinajstić information content (AvgIpc) is 2.93. The van der Waals surface area contributed by atoms with Crippen molar-refractivity contribution in [1.29, 1.82) is 0 Å². The Bertz CT molecular complexity index is 1030. The van der Waals surface area contributed by atoms with Crippen molar-refractivity contribution in [3.8, 4) is 11.8 Å². The lowest BCUT2D eigenvalue weighted by Gasteiger charge is -2.07. The van der Waals surface area contributed by atoms with Crippen molar-refractivity contribution < 1.29 is 13.9 Å². The van der Waals surface area contributed by atoms with Crippen LogP contribution in [0, 0.1) is 5.82 Å². The summed E-state index contributed by atoms with van der Waals surface area (Å²) in [6.45, 7) is 0.384. The zero-order valence-electron chi connectivity index (χ0n) is 14.0. The highest BCUT2D eigenvalue weighted by atomic mass is 19.1. The van der Waals surface area contributed by atoms with E-state index in [1.807, 2.05) is 0 Å². The number of aromatic nitrogens is 4. The van der Waals surface area contributed by atoms with Crippen molar-refractivity contribution in [3.63, 3.8) is 0 Å². The van der Waals surface area contributed by atoms with Crippen LogP contribution in [0.5, 0.6) is 11.8 Å². The summed E-state index contributed by atoms with van der Waals surface area (Å²) in [6.07, 6.45) is 0. The van der Waals surface area contributed by atoms with E-state index >= 15 is 0 Å². The molecule has 2 aromatic heterocycles. The molecule has 0 aliphatic carbocycles. The van der Waals surface area contributed by atoms with Gasteiger partial charge < -0.3 is 9.47 Å². The second kappa shape index (κ2) is 6.42. The molecule has 25 heavy (non-hydrogen) atoms. The Labute approximate surface area is 141 Å². The fraction of sp³-hybridized carbons (Fsp3) is 0.312. The molecular formula is C16H17FN4O4. The van der Waals surface area contributed by atoms with Gasteiger partial charge in [-0.2, -0.15) is 4.98 Å². The molecule has 0 saturated heterocycles. The number of aryl methyl sites for hydroxylation is 2. The lowest BCUT2D eigenvalue weighted by molar-refractivity contribution is 0.202. The van der Waals surface area contributed by atoms with Crippen molar-refractivity contribution >= 4 is 11.2 Å². The quantitative estimate of drug-likeness (QED) is 0.630. The van der Waals surface area contributed by atoms with Crippen molar-refractivity contribution in [2.45, 2.75) is 0 Å². The van der Waals surface area contributed by atoms with Crippen LogP contribution in [0.3, 0.4) is 0 Å². The van der Waals surface area contributed by atoms with E-state index in [0.717, 1.165) is 4.57 Å². The summed E-state index contributed by atoms with van der Waals surface area (Å²) in [5, 5.41) is 0. The summed E-state index contributed by atoms with van der Waals surface area (Å²) < 4.78 is 27.6. The van der Waals surface area contributed by atoms with E-state index in [1.54, 1.807) is 14.1 Å². The third-order valence-corrected chi connectivity index (χ3v) is 3.83. The molecule has 0 aliphatic rings. The normalized spacial score (nSPS) is 11.0. The van der Waals surface area contributed by atoms with Crippen LogP contribution in [0.15, 0.2) is 33.9 Å². The second-order valence-corrected chi connectivity index (χ2v) is 5.48. The molecule has 0 amide bonds. The van der Waals surface area contributed by atoms with Gasteiger partial charge in [-0.15, -0.1) is 0 Å². The largest absolute Gasteiger partial charge is 0.490 e. The number of hydrogen-bond donors (Lipinski definition) is 0. The highest BCUT2D eigenvalue weighted by Gasteiger charge is 2.17. The Hall–Kier alpha value is -3.10. The van der Waals surface area contributed by atoms with Crippen LogP contribution < -0.4 is 20.7 Å². The van der Waals surface area contributed by atoms with Gasteiger partial charge in [0.05, 0.1) is 0 Å². The predicted octanol–water partition coefficient (Wildman–Crippen LogP) is 0.568. The van der Waals surface area contributed by atoms with Crippen LogP contribution >= 0.6 is 0 Å². The van der Waals surface area contributed by atoms with Gasteiger partial charge in [-0.25, -0.2) is 9.18 Å². The zero-order chi connectivity index (χ0) is 18.1. The van der Waals surface area contributed by atoms with E-state index in [4.69, 9.17) is 9.47 Å². The van der Waals surface area contributed by atoms with Crippen molar-refractivity contribution in [2.75, 3.05) is 13.2 Å². The molecule has 0 fully saturated rings. The fourth-order valence-electron chi connectivity index (χ4n) is 2.45. The molecule has 9 heteroatoms. The molecular weight excluding hydrogens is 331 g/mol. The smallest absolute Gasteiger partial charge is 0.332 e. The maximum absolute atomic E-state index is 12.8. The summed E-state index contributed by atoms with van der Waals surface area (Å²) in [7, 11) is 4.59. The van der Waals surface area contributed by atoms with Crippen LogP contribution in [0.1, 0.15) is 0 Å².